The van der Waals surface area contributed by atoms with Crippen molar-refractivity contribution in [3.63, 3.8) is 0 Å². The first kappa shape index (κ1) is 27.6. The molecule has 0 aliphatic carbocycles. The van der Waals surface area contributed by atoms with E-state index in [0.29, 0.717) is 39.1 Å². The van der Waals surface area contributed by atoms with Gasteiger partial charge in [-0.05, 0) is 56.0 Å². The summed E-state index contributed by atoms with van der Waals surface area (Å²) in [6, 6.07) is 16.7. The Balaban J connectivity index is 1.27. The van der Waals surface area contributed by atoms with Crippen LogP contribution in [0.15, 0.2) is 54.6 Å². The van der Waals surface area contributed by atoms with Crippen LogP contribution in [-0.2, 0) is 36.4 Å². The van der Waals surface area contributed by atoms with E-state index in [-0.39, 0.29) is 29.8 Å². The number of carbonyl (C=O) groups excluding carboxylic acids is 2. The first-order chi connectivity index (χ1) is 18.8. The van der Waals surface area contributed by atoms with E-state index >= 15 is 0 Å². The number of nitrogens with zero attached hydrogens (tertiary/aromatic N) is 2. The molecule has 10 heteroatoms. The van der Waals surface area contributed by atoms with E-state index in [0.717, 1.165) is 42.7 Å². The number of hydrogen-bond acceptors (Lipinski definition) is 6. The molecule has 39 heavy (non-hydrogen) atoms. The van der Waals surface area contributed by atoms with E-state index in [9.17, 15) is 18.0 Å². The van der Waals surface area contributed by atoms with Crippen molar-refractivity contribution in [1.82, 2.24) is 15.5 Å². The van der Waals surface area contributed by atoms with Crippen LogP contribution in [0.25, 0.3) is 0 Å². The van der Waals surface area contributed by atoms with Gasteiger partial charge in [0.2, 0.25) is 21.8 Å². The molecule has 210 valence electrons. The normalized spacial score (nSPS) is 20.0. The van der Waals surface area contributed by atoms with Gasteiger partial charge in [0.25, 0.3) is 0 Å². The fourth-order valence-corrected chi connectivity index (χ4v) is 7.10. The number of rotatable bonds is 8. The average molecular weight is 555 g/mol. The molecule has 2 N–H and O–H groups in total. The third kappa shape index (κ3) is 6.13. The monoisotopic (exact) mass is 554 g/mol. The van der Waals surface area contributed by atoms with Crippen molar-refractivity contribution in [1.29, 1.82) is 0 Å². The Morgan fingerprint density at radius 2 is 1.72 bits per heavy atom. The fraction of sp³-hybridized carbons (Fsp3) is 0.517. The Kier molecular flexibility index (Phi) is 8.25. The van der Waals surface area contributed by atoms with Crippen LogP contribution >= 0.6 is 0 Å². The van der Waals surface area contributed by atoms with Crippen molar-refractivity contribution in [2.45, 2.75) is 43.7 Å². The number of likely N-dealkylation sites (tertiary alicyclic amines) is 1. The van der Waals surface area contributed by atoms with Crippen LogP contribution in [0.5, 0.6) is 0 Å². The van der Waals surface area contributed by atoms with Gasteiger partial charge >= 0.3 is 0 Å². The van der Waals surface area contributed by atoms with Crippen molar-refractivity contribution >= 4 is 27.5 Å². The first-order valence-corrected chi connectivity index (χ1v) is 15.6. The molecule has 2 saturated heterocycles. The summed E-state index contributed by atoms with van der Waals surface area (Å²) >= 11 is 0. The van der Waals surface area contributed by atoms with Crippen LogP contribution in [0, 0.1) is 5.92 Å². The van der Waals surface area contributed by atoms with Gasteiger partial charge in [-0.15, -0.1) is 0 Å². The Morgan fingerprint density at radius 3 is 2.41 bits per heavy atom. The van der Waals surface area contributed by atoms with Crippen molar-refractivity contribution in [3.8, 4) is 0 Å². The van der Waals surface area contributed by atoms with Gasteiger partial charge in [-0.1, -0.05) is 48.5 Å². The van der Waals surface area contributed by atoms with Crippen LogP contribution in [0.4, 0.5) is 5.69 Å². The maximum absolute atomic E-state index is 13.7. The molecule has 1 atom stereocenters. The van der Waals surface area contributed by atoms with Gasteiger partial charge in [-0.2, -0.15) is 0 Å². The molecule has 0 saturated carbocycles. The number of fused-ring (bicyclic) bond motifs is 2. The first-order valence-electron chi connectivity index (χ1n) is 13.8. The zero-order valence-corrected chi connectivity index (χ0v) is 23.3. The lowest BCUT2D eigenvalue weighted by atomic mass is 9.74. The SMILES string of the molecule is CS(=O)(=O)N1CC2(CCN(C(=O)[C@@H](COCc3ccccc3)NC(=O)C3CCNCC3)CC2)c2ccccc21. The number of amides is 2. The molecule has 0 aromatic heterocycles. The molecule has 2 aromatic rings. The maximum atomic E-state index is 13.7. The highest BCUT2D eigenvalue weighted by Gasteiger charge is 2.48. The van der Waals surface area contributed by atoms with Gasteiger partial charge < -0.3 is 20.3 Å². The summed E-state index contributed by atoms with van der Waals surface area (Å²) in [6.07, 6.45) is 4.05. The van der Waals surface area contributed by atoms with Crippen LogP contribution in [0.3, 0.4) is 0 Å². The lowest BCUT2D eigenvalue weighted by molar-refractivity contribution is -0.140. The fourth-order valence-electron chi connectivity index (χ4n) is 6.10. The van der Waals surface area contributed by atoms with E-state index < -0.39 is 16.1 Å². The highest BCUT2D eigenvalue weighted by Crippen LogP contribution is 2.47. The summed E-state index contributed by atoms with van der Waals surface area (Å²) in [5, 5.41) is 6.28. The zero-order chi connectivity index (χ0) is 27.5. The summed E-state index contributed by atoms with van der Waals surface area (Å²) in [7, 11) is -3.41. The lowest BCUT2D eigenvalue weighted by Crippen LogP contribution is -2.56. The number of nitrogens with one attached hydrogen (secondary N) is 2. The summed E-state index contributed by atoms with van der Waals surface area (Å²) in [5.74, 6) is -0.358. The predicted octanol–water partition coefficient (Wildman–Crippen LogP) is 2.03. The Bertz CT molecular complexity index is 1270. The van der Waals surface area contributed by atoms with E-state index in [1.807, 2.05) is 54.6 Å². The van der Waals surface area contributed by atoms with Crippen LogP contribution < -0.4 is 14.9 Å². The molecular weight excluding hydrogens is 516 g/mol. The molecule has 0 radical (unpaired) electrons. The molecule has 1 spiro atoms. The Morgan fingerprint density at radius 1 is 1.05 bits per heavy atom. The standard InChI is InChI=1S/C29H38N4O5S/c1-39(36,37)33-21-29(24-9-5-6-10-26(24)33)13-17-32(18-14-29)28(35)25(20-38-19-22-7-3-2-4-8-22)31-27(34)23-11-15-30-16-12-23/h2-10,23,25,30H,11-21H2,1H3,(H,31,34)/t25-/m1/s1. The van der Waals surface area contributed by atoms with Gasteiger partial charge in [-0.3, -0.25) is 13.9 Å². The van der Waals surface area contributed by atoms with Crippen LogP contribution in [-0.4, -0.2) is 76.8 Å². The van der Waals surface area contributed by atoms with Crippen molar-refractivity contribution in [2.75, 3.05) is 49.9 Å². The number of ether oxygens (including phenoxy) is 1. The quantitative estimate of drug-likeness (QED) is 0.517. The highest BCUT2D eigenvalue weighted by molar-refractivity contribution is 7.92. The minimum atomic E-state index is -3.41. The molecule has 9 nitrogen and oxygen atoms in total. The summed E-state index contributed by atoms with van der Waals surface area (Å²) in [4.78, 5) is 28.6. The van der Waals surface area contributed by atoms with Crippen molar-refractivity contribution in [2.24, 2.45) is 5.92 Å². The van der Waals surface area contributed by atoms with Gasteiger partial charge in [0.15, 0.2) is 0 Å². The highest BCUT2D eigenvalue weighted by atomic mass is 32.2. The second kappa shape index (κ2) is 11.7. The number of anilines is 1. The minimum absolute atomic E-state index is 0.0940. The topological polar surface area (TPSA) is 108 Å². The second-order valence-electron chi connectivity index (χ2n) is 11.0. The largest absolute Gasteiger partial charge is 0.374 e. The number of para-hydroxylation sites is 1. The zero-order valence-electron chi connectivity index (χ0n) is 22.5. The van der Waals surface area contributed by atoms with E-state index in [1.54, 1.807) is 4.90 Å². The van der Waals surface area contributed by atoms with E-state index in [1.165, 1.54) is 10.6 Å². The Hall–Kier alpha value is -2.95. The minimum Gasteiger partial charge on any atom is -0.374 e. The summed E-state index contributed by atoms with van der Waals surface area (Å²) < 4.78 is 32.5. The molecule has 3 heterocycles. The van der Waals surface area contributed by atoms with Gasteiger partial charge in [-0.25, -0.2) is 8.42 Å². The van der Waals surface area contributed by atoms with Gasteiger partial charge in [0.1, 0.15) is 6.04 Å². The number of sulfonamides is 1. The second-order valence-corrected chi connectivity index (χ2v) is 12.9. The van der Waals surface area contributed by atoms with Crippen molar-refractivity contribution in [3.05, 3.63) is 65.7 Å². The number of hydrogen-bond donors (Lipinski definition) is 2. The molecule has 3 aliphatic heterocycles. The molecular formula is C29H38N4O5S. The van der Waals surface area contributed by atoms with E-state index in [4.69, 9.17) is 4.74 Å². The lowest BCUT2D eigenvalue weighted by Gasteiger charge is -2.41. The van der Waals surface area contributed by atoms with Gasteiger partial charge in [0.05, 0.1) is 25.2 Å². The summed E-state index contributed by atoms with van der Waals surface area (Å²) in [6.45, 7) is 3.41. The smallest absolute Gasteiger partial charge is 0.247 e. The third-order valence-corrected chi connectivity index (χ3v) is 9.47. The number of carbonyl (C=O) groups is 2. The molecule has 2 aromatic carbocycles. The molecule has 0 bridgehead atoms. The molecule has 2 fully saturated rings. The third-order valence-electron chi connectivity index (χ3n) is 8.34. The predicted molar refractivity (Wildman–Crippen MR) is 150 cm³/mol. The van der Waals surface area contributed by atoms with Crippen LogP contribution in [0.2, 0.25) is 0 Å². The number of piperidine rings is 2. The average Bonchev–Trinajstić information content (AvgIpc) is 3.28. The molecule has 3 aliphatic rings. The number of benzene rings is 2. The summed E-state index contributed by atoms with van der Waals surface area (Å²) in [5.41, 5.74) is 2.45. The van der Waals surface area contributed by atoms with E-state index in [2.05, 4.69) is 10.6 Å². The van der Waals surface area contributed by atoms with Gasteiger partial charge in [0, 0.05) is 31.0 Å². The molecule has 5 rings (SSSR count). The van der Waals surface area contributed by atoms with Crippen LogP contribution in [0.1, 0.15) is 36.8 Å². The maximum Gasteiger partial charge on any atom is 0.247 e. The molecule has 2 amide bonds. The van der Waals surface area contributed by atoms with Crippen molar-refractivity contribution < 1.29 is 22.7 Å². The Labute approximate surface area is 230 Å². The molecule has 0 unspecified atom stereocenters.